The van der Waals surface area contributed by atoms with Crippen LogP contribution in [0.15, 0.2) is 41.8 Å². The van der Waals surface area contributed by atoms with Gasteiger partial charge >= 0.3 is 5.66 Å². The summed E-state index contributed by atoms with van der Waals surface area (Å²) in [6.45, 7) is 0. The molecule has 1 aliphatic carbocycles. The Bertz CT molecular complexity index is 411. The fourth-order valence-electron chi connectivity index (χ4n) is 1.45. The molecule has 0 bridgehead atoms. The molecule has 0 saturated heterocycles. The summed E-state index contributed by atoms with van der Waals surface area (Å²) >= 11 is 1.46. The molecule has 1 aliphatic rings. The number of nitro groups is 1. The van der Waals surface area contributed by atoms with Crippen molar-refractivity contribution in [2.24, 2.45) is 0 Å². The van der Waals surface area contributed by atoms with E-state index in [-0.39, 0.29) is 4.92 Å². The Morgan fingerprint density at radius 1 is 1.53 bits per heavy atom. The summed E-state index contributed by atoms with van der Waals surface area (Å²) in [6.07, 6.45) is 7.27. The lowest BCUT2D eigenvalue weighted by molar-refractivity contribution is -0.546. The molecule has 0 aromatic carbocycles. The van der Waals surface area contributed by atoms with Gasteiger partial charge < -0.3 is 5.32 Å². The number of anilines is 1. The standard InChI is InChI=1S/C10H10N2O2S/c13-12(14)10(6-2-1-3-7-10)11-9-5-4-8-15-9/h1-6,8,11H,7H2. The topological polar surface area (TPSA) is 55.2 Å². The Morgan fingerprint density at radius 2 is 2.40 bits per heavy atom. The SMILES string of the molecule is O=[N+]([O-])C1(Nc2cccs2)C=CC=CC1. The molecule has 1 aromatic heterocycles. The van der Waals surface area contributed by atoms with Gasteiger partial charge in [-0.1, -0.05) is 18.2 Å². The summed E-state index contributed by atoms with van der Waals surface area (Å²) in [5.74, 6) is 0. The first-order valence-electron chi connectivity index (χ1n) is 4.53. The smallest absolute Gasteiger partial charge is 0.309 e. The molecule has 0 saturated carbocycles. The summed E-state index contributed by atoms with van der Waals surface area (Å²) in [5.41, 5.74) is -1.18. The van der Waals surface area contributed by atoms with Crippen LogP contribution in [-0.4, -0.2) is 10.6 Å². The molecular formula is C10H10N2O2S. The zero-order valence-corrected chi connectivity index (χ0v) is 8.74. The third-order valence-corrected chi connectivity index (χ3v) is 3.02. The van der Waals surface area contributed by atoms with Crippen molar-refractivity contribution in [2.45, 2.75) is 12.1 Å². The van der Waals surface area contributed by atoms with Gasteiger partial charge in [0.2, 0.25) is 0 Å². The molecule has 0 radical (unpaired) electrons. The molecule has 0 aliphatic heterocycles. The zero-order valence-electron chi connectivity index (χ0n) is 7.92. The normalized spacial score (nSPS) is 24.0. The molecule has 1 aromatic rings. The Labute approximate surface area is 91.1 Å². The van der Waals surface area contributed by atoms with E-state index < -0.39 is 5.66 Å². The second-order valence-electron chi connectivity index (χ2n) is 3.28. The maximum atomic E-state index is 11.1. The second kappa shape index (κ2) is 3.86. The average molecular weight is 222 g/mol. The van der Waals surface area contributed by atoms with E-state index in [1.54, 1.807) is 18.2 Å². The molecule has 0 amide bonds. The van der Waals surface area contributed by atoms with Crippen LogP contribution in [0, 0.1) is 10.1 Å². The molecule has 5 heteroatoms. The van der Waals surface area contributed by atoms with Crippen molar-refractivity contribution in [1.29, 1.82) is 0 Å². The molecule has 1 unspecified atom stereocenters. The van der Waals surface area contributed by atoms with Crippen LogP contribution < -0.4 is 5.32 Å². The van der Waals surface area contributed by atoms with Crippen LogP contribution in [0.25, 0.3) is 0 Å². The van der Waals surface area contributed by atoms with Crippen molar-refractivity contribution in [3.63, 3.8) is 0 Å². The Kier molecular flexibility index (Phi) is 2.55. The molecule has 78 valence electrons. The van der Waals surface area contributed by atoms with E-state index in [9.17, 15) is 10.1 Å². The van der Waals surface area contributed by atoms with Gasteiger partial charge in [0, 0.05) is 6.08 Å². The van der Waals surface area contributed by atoms with Crippen LogP contribution in [0.5, 0.6) is 0 Å². The number of thiophene rings is 1. The Balaban J connectivity index is 2.24. The van der Waals surface area contributed by atoms with Crippen LogP contribution in [0.2, 0.25) is 0 Å². The lowest BCUT2D eigenvalue weighted by atomic mass is 10.0. The van der Waals surface area contributed by atoms with Gasteiger partial charge in [-0.05, 0) is 17.5 Å². The zero-order chi connectivity index (χ0) is 10.7. The van der Waals surface area contributed by atoms with Crippen LogP contribution in [0.1, 0.15) is 6.42 Å². The second-order valence-corrected chi connectivity index (χ2v) is 4.22. The van der Waals surface area contributed by atoms with Crippen LogP contribution in [0.3, 0.4) is 0 Å². The van der Waals surface area contributed by atoms with E-state index >= 15 is 0 Å². The van der Waals surface area contributed by atoms with Crippen molar-refractivity contribution in [1.82, 2.24) is 0 Å². The van der Waals surface area contributed by atoms with Crippen LogP contribution >= 0.6 is 11.3 Å². The van der Waals surface area contributed by atoms with Gasteiger partial charge in [-0.15, -0.1) is 11.3 Å². The van der Waals surface area contributed by atoms with Crippen LogP contribution in [-0.2, 0) is 0 Å². The minimum absolute atomic E-state index is 0.285. The highest BCUT2D eigenvalue weighted by molar-refractivity contribution is 7.14. The van der Waals surface area contributed by atoms with E-state index in [0.29, 0.717) is 6.42 Å². The number of rotatable bonds is 3. The van der Waals surface area contributed by atoms with E-state index in [4.69, 9.17) is 0 Å². The minimum Gasteiger partial charge on any atom is -0.309 e. The first-order valence-corrected chi connectivity index (χ1v) is 5.41. The molecule has 0 fully saturated rings. The molecule has 2 rings (SSSR count). The van der Waals surface area contributed by atoms with Crippen molar-refractivity contribution < 1.29 is 4.92 Å². The van der Waals surface area contributed by atoms with Crippen molar-refractivity contribution in [3.05, 3.63) is 51.9 Å². The number of nitrogens with one attached hydrogen (secondary N) is 1. The van der Waals surface area contributed by atoms with E-state index in [1.165, 1.54) is 11.3 Å². The van der Waals surface area contributed by atoms with Gasteiger partial charge in [0.25, 0.3) is 0 Å². The van der Waals surface area contributed by atoms with Crippen molar-refractivity contribution in [2.75, 3.05) is 5.32 Å². The predicted octanol–water partition coefficient (Wildman–Crippen LogP) is 2.65. The highest BCUT2D eigenvalue weighted by Gasteiger charge is 2.39. The number of hydrogen-bond donors (Lipinski definition) is 1. The molecule has 1 atom stereocenters. The Hall–Kier alpha value is -1.62. The molecule has 4 nitrogen and oxygen atoms in total. The first kappa shape index (κ1) is 9.92. The van der Waals surface area contributed by atoms with Gasteiger partial charge in [0.1, 0.15) is 0 Å². The third-order valence-electron chi connectivity index (χ3n) is 2.23. The summed E-state index contributed by atoms with van der Waals surface area (Å²) in [6, 6.07) is 3.70. The number of nitrogens with zero attached hydrogens (tertiary/aromatic N) is 1. The fraction of sp³-hybridized carbons (Fsp3) is 0.200. The molecule has 1 N–H and O–H groups in total. The van der Waals surface area contributed by atoms with E-state index in [1.807, 2.05) is 23.6 Å². The van der Waals surface area contributed by atoms with Gasteiger partial charge in [-0.2, -0.15) is 0 Å². The van der Waals surface area contributed by atoms with Gasteiger partial charge in [0.05, 0.1) is 16.3 Å². The Morgan fingerprint density at radius 3 is 2.93 bits per heavy atom. The summed E-state index contributed by atoms with van der Waals surface area (Å²) in [5, 5.41) is 16.7. The number of allylic oxidation sites excluding steroid dienone is 2. The summed E-state index contributed by atoms with van der Waals surface area (Å²) in [7, 11) is 0. The molecule has 0 spiro atoms. The van der Waals surface area contributed by atoms with E-state index in [0.717, 1.165) is 5.00 Å². The highest BCUT2D eigenvalue weighted by atomic mass is 32.1. The lowest BCUT2D eigenvalue weighted by Crippen LogP contribution is -2.44. The number of hydrogen-bond acceptors (Lipinski definition) is 4. The summed E-state index contributed by atoms with van der Waals surface area (Å²) in [4.78, 5) is 10.8. The highest BCUT2D eigenvalue weighted by Crippen LogP contribution is 2.26. The molecular weight excluding hydrogens is 212 g/mol. The lowest BCUT2D eigenvalue weighted by Gasteiger charge is -2.23. The maximum absolute atomic E-state index is 11.1. The predicted molar refractivity (Wildman–Crippen MR) is 60.6 cm³/mol. The largest absolute Gasteiger partial charge is 0.317 e. The van der Waals surface area contributed by atoms with Gasteiger partial charge in [-0.3, -0.25) is 10.1 Å². The first-order chi connectivity index (χ1) is 7.23. The fourth-order valence-corrected chi connectivity index (χ4v) is 2.14. The van der Waals surface area contributed by atoms with Gasteiger partial charge in [-0.25, -0.2) is 0 Å². The maximum Gasteiger partial charge on any atom is 0.317 e. The van der Waals surface area contributed by atoms with Crippen molar-refractivity contribution >= 4 is 16.3 Å². The molecule has 15 heavy (non-hydrogen) atoms. The summed E-state index contributed by atoms with van der Waals surface area (Å²) < 4.78 is 0. The molecule has 1 heterocycles. The quantitative estimate of drug-likeness (QED) is 0.486. The minimum atomic E-state index is -1.18. The van der Waals surface area contributed by atoms with Crippen molar-refractivity contribution in [3.8, 4) is 0 Å². The third kappa shape index (κ3) is 1.92. The van der Waals surface area contributed by atoms with Crippen LogP contribution in [0.4, 0.5) is 5.00 Å². The monoisotopic (exact) mass is 222 g/mol. The average Bonchev–Trinajstić information content (AvgIpc) is 2.71. The van der Waals surface area contributed by atoms with Gasteiger partial charge in [0.15, 0.2) is 0 Å². The van der Waals surface area contributed by atoms with E-state index in [2.05, 4.69) is 5.32 Å².